The number of aromatic nitrogens is 1. The van der Waals surface area contributed by atoms with E-state index in [1.807, 2.05) is 12.1 Å². The van der Waals surface area contributed by atoms with Crippen LogP contribution in [0.4, 0.5) is 0 Å². The molecule has 0 spiro atoms. The Morgan fingerprint density at radius 1 is 1.47 bits per heavy atom. The van der Waals surface area contributed by atoms with Crippen LogP contribution in [0, 0.1) is 5.21 Å². The Kier molecular flexibility index (Phi) is 3.86. The highest BCUT2D eigenvalue weighted by Gasteiger charge is 2.15. The number of hydrogen-bond acceptors (Lipinski definition) is 3. The van der Waals surface area contributed by atoms with Crippen LogP contribution in [0.1, 0.15) is 19.3 Å². The summed E-state index contributed by atoms with van der Waals surface area (Å²) in [6.07, 6.45) is 5.40. The van der Waals surface area contributed by atoms with Crippen LogP contribution < -0.4 is 4.73 Å². The Hall–Kier alpha value is -0.740. The van der Waals surface area contributed by atoms with Crippen molar-refractivity contribution in [1.82, 2.24) is 0 Å². The van der Waals surface area contributed by atoms with E-state index in [4.69, 9.17) is 4.74 Å². The van der Waals surface area contributed by atoms with Gasteiger partial charge in [0.1, 0.15) is 0 Å². The molecule has 1 aromatic rings. The van der Waals surface area contributed by atoms with Gasteiger partial charge in [0.2, 0.25) is 0 Å². The molecule has 1 fully saturated rings. The van der Waals surface area contributed by atoms with Gasteiger partial charge < -0.3 is 9.94 Å². The molecular formula is C11H15NO2S. The molecule has 1 aromatic heterocycles. The fourth-order valence-corrected chi connectivity index (χ4v) is 2.62. The van der Waals surface area contributed by atoms with Gasteiger partial charge in [0.25, 0.3) is 5.03 Å². The van der Waals surface area contributed by atoms with E-state index in [0.29, 0.717) is 6.10 Å². The molecule has 1 atom stereocenters. The minimum Gasteiger partial charge on any atom is -0.618 e. The summed E-state index contributed by atoms with van der Waals surface area (Å²) >= 11 is 1.58. The second-order valence-electron chi connectivity index (χ2n) is 3.66. The van der Waals surface area contributed by atoms with Gasteiger partial charge in [-0.3, -0.25) is 0 Å². The zero-order valence-electron chi connectivity index (χ0n) is 8.59. The third-order valence-corrected chi connectivity index (χ3v) is 3.63. The summed E-state index contributed by atoms with van der Waals surface area (Å²) in [5.41, 5.74) is 0. The van der Waals surface area contributed by atoms with E-state index in [1.165, 1.54) is 19.0 Å². The fourth-order valence-electron chi connectivity index (χ4n) is 1.64. The van der Waals surface area contributed by atoms with Gasteiger partial charge in [-0.2, -0.15) is 4.73 Å². The first-order chi connectivity index (χ1) is 7.36. The smallest absolute Gasteiger partial charge is 0.251 e. The van der Waals surface area contributed by atoms with Crippen LogP contribution in [0.5, 0.6) is 0 Å². The Balaban J connectivity index is 1.84. The molecule has 0 bridgehead atoms. The van der Waals surface area contributed by atoms with E-state index >= 15 is 0 Å². The van der Waals surface area contributed by atoms with E-state index in [9.17, 15) is 5.21 Å². The lowest BCUT2D eigenvalue weighted by molar-refractivity contribution is -0.645. The van der Waals surface area contributed by atoms with E-state index < -0.39 is 0 Å². The van der Waals surface area contributed by atoms with Crippen molar-refractivity contribution >= 4 is 11.8 Å². The van der Waals surface area contributed by atoms with Crippen molar-refractivity contribution in [3.8, 4) is 0 Å². The number of ether oxygens (including phenoxy) is 1. The molecule has 1 aliphatic heterocycles. The summed E-state index contributed by atoms with van der Waals surface area (Å²) in [7, 11) is 0. The average molecular weight is 225 g/mol. The maximum Gasteiger partial charge on any atom is 0.251 e. The summed E-state index contributed by atoms with van der Waals surface area (Å²) in [5.74, 6) is 0.881. The van der Waals surface area contributed by atoms with Crippen molar-refractivity contribution in [2.75, 3.05) is 12.4 Å². The lowest BCUT2D eigenvalue weighted by Gasteiger charge is -2.21. The maximum atomic E-state index is 11.3. The van der Waals surface area contributed by atoms with Crippen molar-refractivity contribution in [3.63, 3.8) is 0 Å². The monoisotopic (exact) mass is 225 g/mol. The number of hydrogen-bond donors (Lipinski definition) is 0. The standard InChI is InChI=1S/C11H15NO2S/c13-12-7-3-1-6-11(12)15-9-10-5-2-4-8-14-10/h1,3,6-7,10H,2,4-5,8-9H2. The molecule has 15 heavy (non-hydrogen) atoms. The maximum absolute atomic E-state index is 11.3. The molecule has 2 rings (SSSR count). The van der Waals surface area contributed by atoms with Gasteiger partial charge in [-0.15, -0.1) is 0 Å². The van der Waals surface area contributed by atoms with Crippen LogP contribution in [0.15, 0.2) is 29.4 Å². The predicted octanol–water partition coefficient (Wildman–Crippen LogP) is 1.98. The quantitative estimate of drug-likeness (QED) is 0.448. The zero-order chi connectivity index (χ0) is 10.5. The first-order valence-corrected chi connectivity index (χ1v) is 6.27. The Bertz CT molecular complexity index is 313. The van der Waals surface area contributed by atoms with Gasteiger partial charge in [0.15, 0.2) is 6.20 Å². The highest BCUT2D eigenvalue weighted by atomic mass is 32.2. The van der Waals surface area contributed by atoms with Gasteiger partial charge in [-0.1, -0.05) is 11.8 Å². The second-order valence-corrected chi connectivity index (χ2v) is 4.70. The topological polar surface area (TPSA) is 36.2 Å². The van der Waals surface area contributed by atoms with Crippen molar-refractivity contribution in [2.24, 2.45) is 0 Å². The first-order valence-electron chi connectivity index (χ1n) is 5.29. The largest absolute Gasteiger partial charge is 0.618 e. The summed E-state index contributed by atoms with van der Waals surface area (Å²) in [4.78, 5) is 0. The van der Waals surface area contributed by atoms with Crippen LogP contribution in [0.3, 0.4) is 0 Å². The molecule has 82 valence electrons. The van der Waals surface area contributed by atoms with Crippen molar-refractivity contribution in [2.45, 2.75) is 30.4 Å². The molecular weight excluding hydrogens is 210 g/mol. The van der Waals surface area contributed by atoms with Gasteiger partial charge in [-0.25, -0.2) is 0 Å². The molecule has 0 aromatic carbocycles. The number of thioether (sulfide) groups is 1. The van der Waals surface area contributed by atoms with Crippen LogP contribution >= 0.6 is 11.8 Å². The minimum absolute atomic E-state index is 0.323. The van der Waals surface area contributed by atoms with Crippen molar-refractivity contribution < 1.29 is 9.47 Å². The summed E-state index contributed by atoms with van der Waals surface area (Å²) < 4.78 is 6.52. The van der Waals surface area contributed by atoms with Crippen LogP contribution in [0.2, 0.25) is 0 Å². The van der Waals surface area contributed by atoms with Gasteiger partial charge in [-0.05, 0) is 25.3 Å². The normalized spacial score (nSPS) is 21.5. The molecule has 1 unspecified atom stereocenters. The van der Waals surface area contributed by atoms with Gasteiger partial charge in [0.05, 0.1) is 6.10 Å². The molecule has 1 saturated heterocycles. The van der Waals surface area contributed by atoms with Crippen LogP contribution in [-0.4, -0.2) is 18.5 Å². The molecule has 3 nitrogen and oxygen atoms in total. The second kappa shape index (κ2) is 5.37. The summed E-state index contributed by atoms with van der Waals surface area (Å²) in [6.45, 7) is 0.872. The zero-order valence-corrected chi connectivity index (χ0v) is 9.41. The summed E-state index contributed by atoms with van der Waals surface area (Å²) in [6, 6.07) is 5.48. The van der Waals surface area contributed by atoms with Crippen LogP contribution in [0.25, 0.3) is 0 Å². The number of pyridine rings is 1. The van der Waals surface area contributed by atoms with Crippen molar-refractivity contribution in [3.05, 3.63) is 29.6 Å². The lowest BCUT2D eigenvalue weighted by Crippen LogP contribution is -2.29. The predicted molar refractivity (Wildman–Crippen MR) is 59.7 cm³/mol. The molecule has 0 N–H and O–H groups in total. The van der Waals surface area contributed by atoms with E-state index in [-0.39, 0.29) is 0 Å². The average Bonchev–Trinajstić information content (AvgIpc) is 2.29. The lowest BCUT2D eigenvalue weighted by atomic mass is 10.1. The summed E-state index contributed by atoms with van der Waals surface area (Å²) in [5, 5.41) is 12.1. The molecule has 1 aliphatic rings. The highest BCUT2D eigenvalue weighted by Crippen LogP contribution is 2.20. The molecule has 2 heterocycles. The fraction of sp³-hybridized carbons (Fsp3) is 0.545. The Morgan fingerprint density at radius 3 is 3.13 bits per heavy atom. The van der Waals surface area contributed by atoms with E-state index in [1.54, 1.807) is 17.8 Å². The third-order valence-electron chi connectivity index (χ3n) is 2.48. The third kappa shape index (κ3) is 3.11. The molecule has 4 heteroatoms. The highest BCUT2D eigenvalue weighted by molar-refractivity contribution is 7.99. The molecule has 0 saturated carbocycles. The van der Waals surface area contributed by atoms with E-state index in [0.717, 1.165) is 28.5 Å². The Morgan fingerprint density at radius 2 is 2.40 bits per heavy atom. The first kappa shape index (κ1) is 10.8. The molecule has 0 aliphatic carbocycles. The Labute approximate surface area is 94.0 Å². The van der Waals surface area contributed by atoms with Gasteiger partial charge >= 0.3 is 0 Å². The van der Waals surface area contributed by atoms with Gasteiger partial charge in [0, 0.05) is 24.5 Å². The number of nitrogens with zero attached hydrogens (tertiary/aromatic N) is 1. The van der Waals surface area contributed by atoms with Crippen molar-refractivity contribution in [1.29, 1.82) is 0 Å². The van der Waals surface area contributed by atoms with Crippen LogP contribution in [-0.2, 0) is 4.74 Å². The SMILES string of the molecule is [O-][n+]1ccccc1SCC1CCCCO1. The molecule has 0 amide bonds. The number of rotatable bonds is 3. The molecule has 0 radical (unpaired) electrons. The minimum atomic E-state index is 0.323. The van der Waals surface area contributed by atoms with E-state index in [2.05, 4.69) is 0 Å².